The Bertz CT molecular complexity index is 570. The Morgan fingerprint density at radius 1 is 1.33 bits per heavy atom. The third-order valence-electron chi connectivity index (χ3n) is 3.73. The van der Waals surface area contributed by atoms with Gasteiger partial charge in [-0.2, -0.15) is 4.98 Å². The van der Waals surface area contributed by atoms with Crippen molar-refractivity contribution in [3.8, 4) is 0 Å². The van der Waals surface area contributed by atoms with Crippen molar-refractivity contribution in [2.24, 2.45) is 0 Å². The summed E-state index contributed by atoms with van der Waals surface area (Å²) >= 11 is 0. The van der Waals surface area contributed by atoms with Crippen LogP contribution < -0.4 is 10.2 Å². The van der Waals surface area contributed by atoms with E-state index >= 15 is 0 Å². The lowest BCUT2D eigenvalue weighted by Crippen LogP contribution is -2.49. The topological polar surface area (TPSA) is 66.1 Å². The number of piperazine rings is 1. The predicted octanol–water partition coefficient (Wildman–Crippen LogP) is 1.34. The summed E-state index contributed by atoms with van der Waals surface area (Å²) in [6.45, 7) is 4.96. The van der Waals surface area contributed by atoms with Crippen molar-refractivity contribution in [2.45, 2.75) is 19.1 Å². The maximum absolute atomic E-state index is 5.58. The first-order chi connectivity index (χ1) is 10.3. The SMILES string of the molecule is COC(c1ccccc1)c1nc(N2CCNC(C)C2)n[nH]1. The molecule has 112 valence electrons. The Morgan fingerprint density at radius 2 is 2.14 bits per heavy atom. The lowest BCUT2D eigenvalue weighted by atomic mass is 10.1. The van der Waals surface area contributed by atoms with Crippen molar-refractivity contribution in [3.63, 3.8) is 0 Å². The van der Waals surface area contributed by atoms with Gasteiger partial charge in [0.05, 0.1) is 0 Å². The van der Waals surface area contributed by atoms with E-state index < -0.39 is 0 Å². The standard InChI is InChI=1S/C15H21N5O/c1-11-10-20(9-8-16-11)15-17-14(18-19-15)13(21-2)12-6-4-3-5-7-12/h3-7,11,13,16H,8-10H2,1-2H3,(H,17,18,19). The second-order valence-corrected chi connectivity index (χ2v) is 5.35. The molecule has 2 N–H and O–H groups in total. The van der Waals surface area contributed by atoms with Gasteiger partial charge in [0.15, 0.2) is 5.82 Å². The number of nitrogens with one attached hydrogen (secondary N) is 2. The maximum Gasteiger partial charge on any atom is 0.244 e. The zero-order valence-electron chi connectivity index (χ0n) is 12.4. The van der Waals surface area contributed by atoms with Gasteiger partial charge >= 0.3 is 0 Å². The molecule has 2 heterocycles. The van der Waals surface area contributed by atoms with Crippen LogP contribution in [-0.4, -0.2) is 48.0 Å². The summed E-state index contributed by atoms with van der Waals surface area (Å²) in [4.78, 5) is 6.82. The van der Waals surface area contributed by atoms with E-state index in [0.29, 0.717) is 6.04 Å². The minimum atomic E-state index is -0.215. The summed E-state index contributed by atoms with van der Waals surface area (Å²) < 4.78 is 5.58. The van der Waals surface area contributed by atoms with Gasteiger partial charge in [0.1, 0.15) is 6.10 Å². The number of ether oxygens (including phenoxy) is 1. The Balaban J connectivity index is 1.80. The molecule has 6 nitrogen and oxygen atoms in total. The fourth-order valence-electron chi connectivity index (χ4n) is 2.67. The molecule has 2 unspecified atom stereocenters. The molecule has 1 saturated heterocycles. The number of aromatic nitrogens is 3. The molecule has 0 spiro atoms. The third kappa shape index (κ3) is 3.06. The minimum Gasteiger partial charge on any atom is -0.369 e. The maximum atomic E-state index is 5.58. The number of methoxy groups -OCH3 is 1. The lowest BCUT2D eigenvalue weighted by Gasteiger charge is -2.30. The zero-order chi connectivity index (χ0) is 14.7. The van der Waals surface area contributed by atoms with E-state index in [4.69, 9.17) is 4.74 Å². The number of rotatable bonds is 4. The van der Waals surface area contributed by atoms with Crippen LogP contribution in [0.15, 0.2) is 30.3 Å². The summed E-state index contributed by atoms with van der Waals surface area (Å²) in [5.74, 6) is 1.49. The monoisotopic (exact) mass is 287 g/mol. The van der Waals surface area contributed by atoms with E-state index in [1.54, 1.807) is 7.11 Å². The van der Waals surface area contributed by atoms with Gasteiger partial charge in [0, 0.05) is 32.8 Å². The number of aromatic amines is 1. The first-order valence-corrected chi connectivity index (χ1v) is 7.26. The van der Waals surface area contributed by atoms with Crippen molar-refractivity contribution in [1.29, 1.82) is 0 Å². The minimum absolute atomic E-state index is 0.215. The molecule has 1 aromatic carbocycles. The number of hydrogen-bond acceptors (Lipinski definition) is 5. The van der Waals surface area contributed by atoms with Crippen molar-refractivity contribution in [3.05, 3.63) is 41.7 Å². The van der Waals surface area contributed by atoms with Gasteiger partial charge in [-0.05, 0) is 12.5 Å². The predicted molar refractivity (Wildman–Crippen MR) is 81.4 cm³/mol. The van der Waals surface area contributed by atoms with E-state index in [2.05, 4.69) is 32.3 Å². The molecule has 1 aliphatic heterocycles. The highest BCUT2D eigenvalue weighted by Gasteiger charge is 2.22. The average Bonchev–Trinajstić information content (AvgIpc) is 2.99. The number of benzene rings is 1. The van der Waals surface area contributed by atoms with Crippen LogP contribution in [0.25, 0.3) is 0 Å². The fraction of sp³-hybridized carbons (Fsp3) is 0.467. The molecule has 2 atom stereocenters. The number of H-pyrrole nitrogens is 1. The van der Waals surface area contributed by atoms with Gasteiger partial charge in [-0.25, -0.2) is 0 Å². The normalized spacial score (nSPS) is 20.5. The highest BCUT2D eigenvalue weighted by Crippen LogP contribution is 2.23. The van der Waals surface area contributed by atoms with Gasteiger partial charge in [-0.1, -0.05) is 30.3 Å². The summed E-state index contributed by atoms with van der Waals surface area (Å²) in [6.07, 6.45) is -0.215. The molecule has 0 aliphatic carbocycles. The largest absolute Gasteiger partial charge is 0.369 e. The molecule has 6 heteroatoms. The third-order valence-corrected chi connectivity index (χ3v) is 3.73. The molecule has 0 bridgehead atoms. The lowest BCUT2D eigenvalue weighted by molar-refractivity contribution is 0.129. The first kappa shape index (κ1) is 14.0. The summed E-state index contributed by atoms with van der Waals surface area (Å²) in [5, 5.41) is 10.8. The average molecular weight is 287 g/mol. The Hall–Kier alpha value is -1.92. The Labute approximate surface area is 124 Å². The van der Waals surface area contributed by atoms with Crippen molar-refractivity contribution in [2.75, 3.05) is 31.6 Å². The summed E-state index contributed by atoms with van der Waals surface area (Å²) in [5.41, 5.74) is 1.07. The van der Waals surface area contributed by atoms with E-state index in [9.17, 15) is 0 Å². The van der Waals surface area contributed by atoms with Crippen LogP contribution >= 0.6 is 0 Å². The molecule has 0 saturated carbocycles. The Kier molecular flexibility index (Phi) is 4.17. The van der Waals surface area contributed by atoms with Gasteiger partial charge in [-0.15, -0.1) is 5.10 Å². The molecule has 21 heavy (non-hydrogen) atoms. The quantitative estimate of drug-likeness (QED) is 0.888. The molecule has 2 aromatic rings. The van der Waals surface area contributed by atoms with E-state index in [1.807, 2.05) is 30.3 Å². The molecular weight excluding hydrogens is 266 g/mol. The molecule has 1 aromatic heterocycles. The van der Waals surface area contributed by atoms with Crippen molar-refractivity contribution < 1.29 is 4.74 Å². The first-order valence-electron chi connectivity index (χ1n) is 7.26. The van der Waals surface area contributed by atoms with Gasteiger partial charge in [-0.3, -0.25) is 5.10 Å². The van der Waals surface area contributed by atoms with Crippen molar-refractivity contribution in [1.82, 2.24) is 20.5 Å². The fourth-order valence-corrected chi connectivity index (χ4v) is 2.67. The molecule has 1 aliphatic rings. The smallest absolute Gasteiger partial charge is 0.244 e. The van der Waals surface area contributed by atoms with E-state index in [0.717, 1.165) is 37.0 Å². The molecule has 0 amide bonds. The zero-order valence-corrected chi connectivity index (χ0v) is 12.4. The molecule has 3 rings (SSSR count). The van der Waals surface area contributed by atoms with Crippen LogP contribution in [0.5, 0.6) is 0 Å². The second kappa shape index (κ2) is 6.24. The van der Waals surface area contributed by atoms with Crippen LogP contribution in [0.3, 0.4) is 0 Å². The second-order valence-electron chi connectivity index (χ2n) is 5.35. The Morgan fingerprint density at radius 3 is 2.86 bits per heavy atom. The van der Waals surface area contributed by atoms with Crippen molar-refractivity contribution >= 4 is 5.95 Å². The van der Waals surface area contributed by atoms with E-state index in [-0.39, 0.29) is 6.10 Å². The van der Waals surface area contributed by atoms with Crippen LogP contribution in [-0.2, 0) is 4.74 Å². The van der Waals surface area contributed by atoms with Crippen LogP contribution in [0, 0.1) is 0 Å². The number of hydrogen-bond donors (Lipinski definition) is 2. The van der Waals surface area contributed by atoms with Crippen LogP contribution in [0.4, 0.5) is 5.95 Å². The molecular formula is C15H21N5O. The number of nitrogens with zero attached hydrogens (tertiary/aromatic N) is 3. The molecule has 1 fully saturated rings. The van der Waals surface area contributed by atoms with Crippen LogP contribution in [0.2, 0.25) is 0 Å². The van der Waals surface area contributed by atoms with Crippen LogP contribution in [0.1, 0.15) is 24.4 Å². The highest BCUT2D eigenvalue weighted by atomic mass is 16.5. The summed E-state index contributed by atoms with van der Waals surface area (Å²) in [7, 11) is 1.69. The van der Waals surface area contributed by atoms with Gasteiger partial charge < -0.3 is 15.0 Å². The van der Waals surface area contributed by atoms with Gasteiger partial charge in [0.25, 0.3) is 0 Å². The molecule has 0 radical (unpaired) electrons. The van der Waals surface area contributed by atoms with E-state index in [1.165, 1.54) is 0 Å². The number of anilines is 1. The highest BCUT2D eigenvalue weighted by molar-refractivity contribution is 5.32. The summed E-state index contributed by atoms with van der Waals surface area (Å²) in [6, 6.07) is 10.5. The van der Waals surface area contributed by atoms with Gasteiger partial charge in [0.2, 0.25) is 5.95 Å².